The average Bonchev–Trinajstić information content (AvgIpc) is 2.43. The van der Waals surface area contributed by atoms with Crippen LogP contribution >= 0.6 is 11.6 Å². The molecule has 19 heavy (non-hydrogen) atoms. The van der Waals surface area contributed by atoms with Crippen LogP contribution in [0.4, 0.5) is 15.9 Å². The smallest absolute Gasteiger partial charge is 0.141 e. The van der Waals surface area contributed by atoms with E-state index in [2.05, 4.69) is 21.4 Å². The van der Waals surface area contributed by atoms with E-state index in [1.807, 2.05) is 6.07 Å². The summed E-state index contributed by atoms with van der Waals surface area (Å²) < 4.78 is 13.1. The molecule has 0 saturated heterocycles. The molecule has 5 heteroatoms. The van der Waals surface area contributed by atoms with Gasteiger partial charge in [-0.1, -0.05) is 17.7 Å². The Labute approximate surface area is 114 Å². The highest BCUT2D eigenvalue weighted by atomic mass is 35.5. The van der Waals surface area contributed by atoms with Crippen molar-refractivity contribution >= 4 is 34.0 Å². The van der Waals surface area contributed by atoms with Crippen molar-refractivity contribution in [3.05, 3.63) is 59.6 Å². The topological polar surface area (TPSA) is 37.8 Å². The Balaban J connectivity index is 2.03. The van der Waals surface area contributed by atoms with Gasteiger partial charge < -0.3 is 5.32 Å². The van der Waals surface area contributed by atoms with Crippen LogP contribution in [-0.4, -0.2) is 9.97 Å². The van der Waals surface area contributed by atoms with E-state index in [0.717, 1.165) is 10.9 Å². The van der Waals surface area contributed by atoms with Gasteiger partial charge in [0.2, 0.25) is 0 Å². The molecule has 1 N–H and O–H groups in total. The summed E-state index contributed by atoms with van der Waals surface area (Å²) in [6.07, 6.45) is 1.47. The Hall–Kier alpha value is -2.20. The van der Waals surface area contributed by atoms with Gasteiger partial charge in [-0.25, -0.2) is 14.4 Å². The first-order valence-corrected chi connectivity index (χ1v) is 5.95. The van der Waals surface area contributed by atoms with Gasteiger partial charge in [-0.15, -0.1) is 0 Å². The number of aromatic nitrogens is 2. The zero-order chi connectivity index (χ0) is 13.2. The molecule has 1 heterocycles. The van der Waals surface area contributed by atoms with E-state index in [1.165, 1.54) is 18.5 Å². The summed E-state index contributed by atoms with van der Waals surface area (Å²) >= 11 is 5.74. The number of hydrogen-bond acceptors (Lipinski definition) is 3. The monoisotopic (exact) mass is 272 g/mol. The number of hydrogen-bond donors (Lipinski definition) is 1. The Bertz CT molecular complexity index is 740. The van der Waals surface area contributed by atoms with Crippen LogP contribution < -0.4 is 5.32 Å². The van der Waals surface area contributed by atoms with Crippen molar-refractivity contribution in [1.29, 1.82) is 0 Å². The van der Waals surface area contributed by atoms with Crippen LogP contribution in [0.5, 0.6) is 0 Å². The molecular weight excluding hydrogens is 265 g/mol. The molecule has 0 amide bonds. The molecule has 1 radical (unpaired) electrons. The largest absolute Gasteiger partial charge is 0.340 e. The zero-order valence-electron chi connectivity index (χ0n) is 9.69. The summed E-state index contributed by atoms with van der Waals surface area (Å²) in [5, 5.41) is 4.00. The van der Waals surface area contributed by atoms with Crippen molar-refractivity contribution < 1.29 is 4.39 Å². The molecule has 93 valence electrons. The lowest BCUT2D eigenvalue weighted by atomic mass is 10.2. The molecule has 2 aromatic carbocycles. The minimum Gasteiger partial charge on any atom is -0.340 e. The van der Waals surface area contributed by atoms with Gasteiger partial charge in [0.05, 0.1) is 10.5 Å². The van der Waals surface area contributed by atoms with E-state index in [0.29, 0.717) is 11.5 Å². The summed E-state index contributed by atoms with van der Waals surface area (Å²) in [6.45, 7) is 0. The summed E-state index contributed by atoms with van der Waals surface area (Å²) in [5.74, 6) is 0.178. The lowest BCUT2D eigenvalue weighted by Crippen LogP contribution is -1.96. The maximum absolute atomic E-state index is 13.1. The highest BCUT2D eigenvalue weighted by molar-refractivity contribution is 6.31. The maximum atomic E-state index is 13.1. The summed E-state index contributed by atoms with van der Waals surface area (Å²) in [6, 6.07) is 12.8. The van der Waals surface area contributed by atoms with Crippen molar-refractivity contribution in [2.75, 3.05) is 5.32 Å². The second-order valence-corrected chi connectivity index (χ2v) is 4.33. The Morgan fingerprint density at radius 3 is 2.95 bits per heavy atom. The van der Waals surface area contributed by atoms with Crippen LogP contribution in [0, 0.1) is 11.9 Å². The number of halogens is 2. The first-order valence-electron chi connectivity index (χ1n) is 5.57. The normalized spacial score (nSPS) is 10.6. The van der Waals surface area contributed by atoms with Crippen molar-refractivity contribution in [2.24, 2.45) is 0 Å². The molecule has 0 aliphatic carbocycles. The average molecular weight is 273 g/mol. The molecule has 0 aliphatic rings. The second kappa shape index (κ2) is 4.82. The van der Waals surface area contributed by atoms with Gasteiger partial charge >= 0.3 is 0 Å². The summed E-state index contributed by atoms with van der Waals surface area (Å²) in [7, 11) is 0. The minimum absolute atomic E-state index is 0.0647. The molecule has 0 atom stereocenters. The highest BCUT2D eigenvalue weighted by Crippen LogP contribution is 2.25. The van der Waals surface area contributed by atoms with E-state index in [-0.39, 0.29) is 5.02 Å². The molecule has 0 fully saturated rings. The third kappa shape index (κ3) is 2.35. The molecule has 3 aromatic rings. The fraction of sp³-hybridized carbons (Fsp3) is 0. The van der Waals surface area contributed by atoms with Crippen molar-refractivity contribution in [3.8, 4) is 0 Å². The fourth-order valence-electron chi connectivity index (χ4n) is 1.75. The number of fused-ring (bicyclic) bond motifs is 1. The van der Waals surface area contributed by atoms with Crippen LogP contribution in [-0.2, 0) is 0 Å². The number of anilines is 2. The summed E-state index contributed by atoms with van der Waals surface area (Å²) in [4.78, 5) is 8.33. The molecule has 0 unspecified atom stereocenters. The number of benzene rings is 2. The molecule has 3 rings (SSSR count). The highest BCUT2D eigenvalue weighted by Gasteiger charge is 2.05. The van der Waals surface area contributed by atoms with Gasteiger partial charge in [0.1, 0.15) is 18.0 Å². The first kappa shape index (κ1) is 11.9. The van der Waals surface area contributed by atoms with E-state index in [9.17, 15) is 4.39 Å². The third-order valence-electron chi connectivity index (χ3n) is 2.66. The lowest BCUT2D eigenvalue weighted by molar-refractivity contribution is 0.628. The standard InChI is InChI=1S/C14H8ClFN3/c15-11-7-9(5-6-12(11)16)19-14-10-3-1-2-4-13(10)17-8-18-14/h2-8H,(H,17,18,19). The Morgan fingerprint density at radius 1 is 1.21 bits per heavy atom. The molecule has 0 aliphatic heterocycles. The number of nitrogens with zero attached hydrogens (tertiary/aromatic N) is 2. The maximum Gasteiger partial charge on any atom is 0.141 e. The van der Waals surface area contributed by atoms with E-state index < -0.39 is 5.82 Å². The summed E-state index contributed by atoms with van der Waals surface area (Å²) in [5.41, 5.74) is 1.47. The van der Waals surface area contributed by atoms with E-state index >= 15 is 0 Å². The van der Waals surface area contributed by atoms with E-state index in [1.54, 1.807) is 18.2 Å². The first-order chi connectivity index (χ1) is 9.24. The van der Waals surface area contributed by atoms with Crippen LogP contribution in [0.3, 0.4) is 0 Å². The van der Waals surface area contributed by atoms with Crippen LogP contribution in [0.15, 0.2) is 42.7 Å². The second-order valence-electron chi connectivity index (χ2n) is 3.92. The molecule has 0 saturated carbocycles. The van der Waals surface area contributed by atoms with E-state index in [4.69, 9.17) is 11.6 Å². The quantitative estimate of drug-likeness (QED) is 0.767. The van der Waals surface area contributed by atoms with Crippen LogP contribution in [0.2, 0.25) is 5.02 Å². The van der Waals surface area contributed by atoms with Crippen molar-refractivity contribution in [2.45, 2.75) is 0 Å². The fourth-order valence-corrected chi connectivity index (χ4v) is 1.93. The van der Waals surface area contributed by atoms with Gasteiger partial charge in [0.25, 0.3) is 0 Å². The Morgan fingerprint density at radius 2 is 2.11 bits per heavy atom. The third-order valence-corrected chi connectivity index (χ3v) is 2.95. The number of nitrogens with one attached hydrogen (secondary N) is 1. The van der Waals surface area contributed by atoms with Crippen molar-refractivity contribution in [1.82, 2.24) is 9.97 Å². The lowest BCUT2D eigenvalue weighted by Gasteiger charge is -2.08. The molecular formula is C14H8ClFN3. The predicted octanol–water partition coefficient (Wildman–Crippen LogP) is 3.97. The predicted molar refractivity (Wildman–Crippen MR) is 73.1 cm³/mol. The Kier molecular flexibility index (Phi) is 3.01. The van der Waals surface area contributed by atoms with Crippen LogP contribution in [0.1, 0.15) is 0 Å². The van der Waals surface area contributed by atoms with Gasteiger partial charge in [0, 0.05) is 11.1 Å². The number of rotatable bonds is 2. The van der Waals surface area contributed by atoms with Gasteiger partial charge in [-0.05, 0) is 36.4 Å². The molecule has 0 spiro atoms. The SMILES string of the molecule is Fc1ccc(Nc2ncnc3cc[c]cc23)cc1Cl. The van der Waals surface area contributed by atoms with Gasteiger partial charge in [-0.2, -0.15) is 0 Å². The molecule has 0 bridgehead atoms. The zero-order valence-corrected chi connectivity index (χ0v) is 10.4. The minimum atomic E-state index is -0.451. The molecule has 1 aromatic heterocycles. The van der Waals surface area contributed by atoms with Gasteiger partial charge in [0.15, 0.2) is 0 Å². The van der Waals surface area contributed by atoms with Crippen molar-refractivity contribution in [3.63, 3.8) is 0 Å². The van der Waals surface area contributed by atoms with Crippen LogP contribution in [0.25, 0.3) is 10.9 Å². The molecule has 3 nitrogen and oxygen atoms in total. The van der Waals surface area contributed by atoms with Gasteiger partial charge in [-0.3, -0.25) is 0 Å².